The molecule has 0 spiro atoms. The number of nitrogens with zero attached hydrogens (tertiary/aromatic N) is 2. The quantitative estimate of drug-likeness (QED) is 0.836. The molecule has 84 valence electrons. The van der Waals surface area contributed by atoms with Crippen molar-refractivity contribution in [3.63, 3.8) is 0 Å². The van der Waals surface area contributed by atoms with Gasteiger partial charge in [0.15, 0.2) is 0 Å². The molecule has 4 nitrogen and oxygen atoms in total. The van der Waals surface area contributed by atoms with Gasteiger partial charge in [-0.2, -0.15) is 5.10 Å². The lowest BCUT2D eigenvalue weighted by Crippen LogP contribution is -2.09. The molecule has 16 heavy (non-hydrogen) atoms. The third-order valence-corrected chi connectivity index (χ3v) is 2.45. The Labute approximate surface area is 93.9 Å². The van der Waals surface area contributed by atoms with E-state index >= 15 is 0 Å². The Morgan fingerprint density at radius 2 is 2.12 bits per heavy atom. The highest BCUT2D eigenvalue weighted by Crippen LogP contribution is 2.18. The zero-order valence-corrected chi connectivity index (χ0v) is 9.69. The molecule has 4 heteroatoms. The van der Waals surface area contributed by atoms with E-state index in [-0.39, 0.29) is 5.56 Å². The third-order valence-electron chi connectivity index (χ3n) is 2.45. The molecule has 2 aromatic heterocycles. The van der Waals surface area contributed by atoms with Crippen LogP contribution in [0.5, 0.6) is 0 Å². The van der Waals surface area contributed by atoms with Crippen molar-refractivity contribution in [2.24, 2.45) is 0 Å². The Morgan fingerprint density at radius 1 is 1.38 bits per heavy atom. The average Bonchev–Trinajstić information content (AvgIpc) is 2.60. The van der Waals surface area contributed by atoms with Crippen molar-refractivity contribution >= 4 is 0 Å². The first kappa shape index (κ1) is 10.7. The summed E-state index contributed by atoms with van der Waals surface area (Å²) in [7, 11) is 0. The predicted molar refractivity (Wildman–Crippen MR) is 63.0 cm³/mol. The van der Waals surface area contributed by atoms with Crippen molar-refractivity contribution in [2.45, 2.75) is 26.7 Å². The first-order valence-electron chi connectivity index (χ1n) is 5.33. The second kappa shape index (κ2) is 3.96. The highest BCUT2D eigenvalue weighted by Gasteiger charge is 2.10. The smallest absolute Gasteiger partial charge is 0.250 e. The summed E-state index contributed by atoms with van der Waals surface area (Å²) in [5.41, 5.74) is 2.77. The Balaban J connectivity index is 2.59. The lowest BCUT2D eigenvalue weighted by Gasteiger charge is -2.09. The maximum absolute atomic E-state index is 11.3. The van der Waals surface area contributed by atoms with Crippen LogP contribution in [0.3, 0.4) is 0 Å². The van der Waals surface area contributed by atoms with E-state index in [9.17, 15) is 4.79 Å². The Morgan fingerprint density at radius 3 is 2.75 bits per heavy atom. The van der Waals surface area contributed by atoms with Crippen molar-refractivity contribution in [1.82, 2.24) is 14.8 Å². The van der Waals surface area contributed by atoms with Gasteiger partial charge in [0.05, 0.1) is 11.4 Å². The summed E-state index contributed by atoms with van der Waals surface area (Å²) in [5, 5.41) is 4.41. The van der Waals surface area contributed by atoms with Gasteiger partial charge in [-0.05, 0) is 25.0 Å². The van der Waals surface area contributed by atoms with Crippen LogP contribution in [0, 0.1) is 6.92 Å². The average molecular weight is 217 g/mol. The zero-order valence-electron chi connectivity index (χ0n) is 9.69. The molecule has 0 aliphatic rings. The lowest BCUT2D eigenvalue weighted by atomic mass is 10.1. The first-order chi connectivity index (χ1) is 7.58. The molecule has 0 atom stereocenters. The monoisotopic (exact) mass is 217 g/mol. The summed E-state index contributed by atoms with van der Waals surface area (Å²) in [5.74, 6) is 0.375. The van der Waals surface area contributed by atoms with Crippen molar-refractivity contribution in [3.8, 4) is 5.69 Å². The summed E-state index contributed by atoms with van der Waals surface area (Å²) >= 11 is 0. The van der Waals surface area contributed by atoms with Gasteiger partial charge in [0.1, 0.15) is 0 Å². The van der Waals surface area contributed by atoms with E-state index < -0.39 is 0 Å². The van der Waals surface area contributed by atoms with E-state index in [0.717, 1.165) is 17.1 Å². The van der Waals surface area contributed by atoms with Gasteiger partial charge in [0.25, 0.3) is 0 Å². The molecule has 0 radical (unpaired) electrons. The van der Waals surface area contributed by atoms with Crippen LogP contribution >= 0.6 is 0 Å². The van der Waals surface area contributed by atoms with Gasteiger partial charge >= 0.3 is 0 Å². The minimum Gasteiger partial charge on any atom is -0.329 e. The number of hydrogen-bond acceptors (Lipinski definition) is 2. The summed E-state index contributed by atoms with van der Waals surface area (Å²) in [4.78, 5) is 13.9. The van der Waals surface area contributed by atoms with E-state index in [1.807, 2.05) is 23.7 Å². The normalized spacial score (nSPS) is 11.0. The van der Waals surface area contributed by atoms with Gasteiger partial charge in [-0.25, -0.2) is 4.68 Å². The van der Waals surface area contributed by atoms with E-state index in [1.54, 1.807) is 12.3 Å². The maximum atomic E-state index is 11.3. The van der Waals surface area contributed by atoms with Crippen LogP contribution in [0.4, 0.5) is 0 Å². The Bertz CT molecular complexity index is 551. The standard InChI is InChI=1S/C12H15N3O/c1-8(2)11-6-9(3)14-15(11)10-4-5-13-12(16)7-10/h4-8H,1-3H3,(H,13,16). The van der Waals surface area contributed by atoms with Gasteiger partial charge in [0, 0.05) is 18.0 Å². The van der Waals surface area contributed by atoms with Crippen molar-refractivity contribution in [2.75, 3.05) is 0 Å². The fourth-order valence-electron chi connectivity index (χ4n) is 1.70. The van der Waals surface area contributed by atoms with Crippen molar-refractivity contribution < 1.29 is 0 Å². The summed E-state index contributed by atoms with van der Waals surface area (Å²) in [6, 6.07) is 5.45. The minimum absolute atomic E-state index is 0.111. The molecule has 0 aliphatic heterocycles. The van der Waals surface area contributed by atoms with E-state index in [4.69, 9.17) is 0 Å². The molecule has 0 aliphatic carbocycles. The van der Waals surface area contributed by atoms with E-state index in [0.29, 0.717) is 5.92 Å². The highest BCUT2D eigenvalue weighted by atomic mass is 16.1. The minimum atomic E-state index is -0.111. The lowest BCUT2D eigenvalue weighted by molar-refractivity contribution is 0.729. The highest BCUT2D eigenvalue weighted by molar-refractivity contribution is 5.32. The van der Waals surface area contributed by atoms with Crippen LogP contribution < -0.4 is 5.56 Å². The molecule has 0 saturated carbocycles. The van der Waals surface area contributed by atoms with Crippen LogP contribution in [0.1, 0.15) is 31.2 Å². The molecule has 2 aromatic rings. The van der Waals surface area contributed by atoms with Gasteiger partial charge in [-0.3, -0.25) is 4.79 Å². The van der Waals surface area contributed by atoms with Crippen LogP contribution in [-0.4, -0.2) is 14.8 Å². The largest absolute Gasteiger partial charge is 0.329 e. The molecule has 0 unspecified atom stereocenters. The fourth-order valence-corrected chi connectivity index (χ4v) is 1.70. The maximum Gasteiger partial charge on any atom is 0.250 e. The molecular weight excluding hydrogens is 202 g/mol. The van der Waals surface area contributed by atoms with Crippen LogP contribution in [0.2, 0.25) is 0 Å². The Kier molecular flexibility index (Phi) is 2.64. The third kappa shape index (κ3) is 1.91. The SMILES string of the molecule is Cc1cc(C(C)C)n(-c2cc[nH]c(=O)c2)n1. The molecule has 2 rings (SSSR count). The Hall–Kier alpha value is -1.84. The number of aromatic nitrogens is 3. The molecule has 1 N–H and O–H groups in total. The van der Waals surface area contributed by atoms with Crippen molar-refractivity contribution in [1.29, 1.82) is 0 Å². The number of nitrogens with one attached hydrogen (secondary N) is 1. The van der Waals surface area contributed by atoms with Crippen LogP contribution in [-0.2, 0) is 0 Å². The fraction of sp³-hybridized carbons (Fsp3) is 0.333. The number of rotatable bonds is 2. The number of pyridine rings is 1. The molecular formula is C12H15N3O. The molecule has 0 bridgehead atoms. The molecule has 0 fully saturated rings. The molecule has 0 aromatic carbocycles. The first-order valence-corrected chi connectivity index (χ1v) is 5.33. The molecule has 2 heterocycles. The second-order valence-electron chi connectivity index (χ2n) is 4.19. The van der Waals surface area contributed by atoms with Gasteiger partial charge in [0.2, 0.25) is 5.56 Å². The predicted octanol–water partition coefficient (Wildman–Crippen LogP) is 1.99. The summed E-state index contributed by atoms with van der Waals surface area (Å²) in [6.45, 7) is 6.18. The zero-order chi connectivity index (χ0) is 11.7. The summed E-state index contributed by atoms with van der Waals surface area (Å²) < 4.78 is 1.83. The number of aromatic amines is 1. The van der Waals surface area contributed by atoms with Gasteiger partial charge in [-0.1, -0.05) is 13.8 Å². The van der Waals surface area contributed by atoms with Crippen LogP contribution in [0.25, 0.3) is 5.69 Å². The second-order valence-corrected chi connectivity index (χ2v) is 4.19. The molecule has 0 saturated heterocycles. The summed E-state index contributed by atoms with van der Waals surface area (Å²) in [6.07, 6.45) is 1.64. The topological polar surface area (TPSA) is 50.7 Å². The van der Waals surface area contributed by atoms with Gasteiger partial charge < -0.3 is 4.98 Å². The van der Waals surface area contributed by atoms with E-state index in [1.165, 1.54) is 0 Å². The van der Waals surface area contributed by atoms with E-state index in [2.05, 4.69) is 23.9 Å². The number of aryl methyl sites for hydroxylation is 1. The van der Waals surface area contributed by atoms with Crippen LogP contribution in [0.15, 0.2) is 29.2 Å². The van der Waals surface area contributed by atoms with Crippen molar-refractivity contribution in [3.05, 3.63) is 46.1 Å². The molecule has 0 amide bonds. The number of H-pyrrole nitrogens is 1. The van der Waals surface area contributed by atoms with Gasteiger partial charge in [-0.15, -0.1) is 0 Å². The number of hydrogen-bond donors (Lipinski definition) is 1.